The molecule has 2 N–H and O–H groups in total. The molecule has 0 unspecified atom stereocenters. The van der Waals surface area contributed by atoms with Gasteiger partial charge < -0.3 is 15.4 Å². The fourth-order valence-electron chi connectivity index (χ4n) is 2.68. The minimum atomic E-state index is 0.0549. The van der Waals surface area contributed by atoms with Gasteiger partial charge in [0.2, 0.25) is 5.91 Å². The molecule has 3 rings (SSSR count). The summed E-state index contributed by atoms with van der Waals surface area (Å²) < 4.78 is 5.25. The number of nitrogens with zero attached hydrogens (tertiary/aromatic N) is 1. The van der Waals surface area contributed by atoms with Crippen molar-refractivity contribution in [1.29, 1.82) is 0 Å². The zero-order valence-corrected chi connectivity index (χ0v) is 12.1. The second kappa shape index (κ2) is 6.10. The van der Waals surface area contributed by atoms with E-state index in [9.17, 15) is 4.79 Å². The molecule has 2 heterocycles. The van der Waals surface area contributed by atoms with E-state index in [0.29, 0.717) is 5.82 Å². The van der Waals surface area contributed by atoms with E-state index in [2.05, 4.69) is 15.6 Å². The Morgan fingerprint density at radius 2 is 2.14 bits per heavy atom. The second-order valence-corrected chi connectivity index (χ2v) is 5.26. The molecule has 1 aromatic carbocycles. The van der Waals surface area contributed by atoms with Crippen LogP contribution in [0.3, 0.4) is 0 Å². The third kappa shape index (κ3) is 2.97. The summed E-state index contributed by atoms with van der Waals surface area (Å²) in [7, 11) is 1.63. The van der Waals surface area contributed by atoms with E-state index in [1.54, 1.807) is 13.3 Å². The van der Waals surface area contributed by atoms with Crippen LogP contribution < -0.4 is 15.4 Å². The van der Waals surface area contributed by atoms with Gasteiger partial charge in [-0.2, -0.15) is 0 Å². The van der Waals surface area contributed by atoms with E-state index >= 15 is 0 Å². The van der Waals surface area contributed by atoms with E-state index in [0.717, 1.165) is 42.5 Å². The normalized spacial score (nSPS) is 15.9. The van der Waals surface area contributed by atoms with Gasteiger partial charge in [-0.25, -0.2) is 4.98 Å². The first-order chi connectivity index (χ1) is 10.3. The lowest BCUT2D eigenvalue weighted by Crippen LogP contribution is -2.34. The lowest BCUT2D eigenvalue weighted by atomic mass is 9.97. The molecule has 2 aromatic rings. The minimum Gasteiger partial charge on any atom is -0.497 e. The number of carbonyl (C=O) groups excluding carboxylic acids is 1. The van der Waals surface area contributed by atoms with Gasteiger partial charge in [0.25, 0.3) is 0 Å². The summed E-state index contributed by atoms with van der Waals surface area (Å²) in [5, 5.41) is 8.17. The molecule has 1 fully saturated rings. The zero-order chi connectivity index (χ0) is 14.7. The number of carbonyl (C=O) groups is 1. The lowest BCUT2D eigenvalue weighted by molar-refractivity contribution is -0.120. The number of amides is 1. The van der Waals surface area contributed by atoms with E-state index in [4.69, 9.17) is 4.74 Å². The van der Waals surface area contributed by atoms with E-state index in [1.165, 1.54) is 0 Å². The second-order valence-electron chi connectivity index (χ2n) is 5.26. The average Bonchev–Trinajstić information content (AvgIpc) is 2.55. The highest BCUT2D eigenvalue weighted by Gasteiger charge is 2.21. The molecule has 1 aromatic heterocycles. The standard InChI is InChI=1S/C16H19N3O2/c1-21-13-3-2-11-6-9-18-15(14(11)10-13)19-16(20)12-4-7-17-8-5-12/h2-3,6,9-10,12,17H,4-5,7-8H2,1H3,(H,18,19,20). The molecule has 1 aliphatic rings. The van der Waals surface area contributed by atoms with Crippen LogP contribution in [0.5, 0.6) is 5.75 Å². The summed E-state index contributed by atoms with van der Waals surface area (Å²) in [4.78, 5) is 16.7. The fraction of sp³-hybridized carbons (Fsp3) is 0.375. The highest BCUT2D eigenvalue weighted by molar-refractivity contribution is 6.01. The molecule has 1 amide bonds. The topological polar surface area (TPSA) is 63.2 Å². The largest absolute Gasteiger partial charge is 0.497 e. The quantitative estimate of drug-likeness (QED) is 0.907. The van der Waals surface area contributed by atoms with Gasteiger partial charge in [-0.05, 0) is 49.5 Å². The van der Waals surface area contributed by atoms with Crippen LogP contribution >= 0.6 is 0 Å². The van der Waals surface area contributed by atoms with Crippen LogP contribution in [-0.2, 0) is 4.79 Å². The molecule has 5 heteroatoms. The van der Waals surface area contributed by atoms with Crippen LogP contribution in [0.15, 0.2) is 30.5 Å². The van der Waals surface area contributed by atoms with E-state index in [-0.39, 0.29) is 11.8 Å². The van der Waals surface area contributed by atoms with Crippen LogP contribution in [0.1, 0.15) is 12.8 Å². The summed E-state index contributed by atoms with van der Waals surface area (Å²) in [6, 6.07) is 7.70. The smallest absolute Gasteiger partial charge is 0.228 e. The van der Waals surface area contributed by atoms with Crippen molar-refractivity contribution in [2.75, 3.05) is 25.5 Å². The Bertz CT molecular complexity index is 651. The molecule has 1 saturated heterocycles. The van der Waals surface area contributed by atoms with Crippen LogP contribution in [0, 0.1) is 5.92 Å². The molecule has 0 spiro atoms. The average molecular weight is 285 g/mol. The molecule has 0 atom stereocenters. The summed E-state index contributed by atoms with van der Waals surface area (Å²) in [5.74, 6) is 1.48. The number of aromatic nitrogens is 1. The maximum absolute atomic E-state index is 12.4. The Morgan fingerprint density at radius 3 is 2.90 bits per heavy atom. The number of ether oxygens (including phenoxy) is 1. The van der Waals surface area contributed by atoms with Gasteiger partial charge >= 0.3 is 0 Å². The minimum absolute atomic E-state index is 0.0549. The van der Waals surface area contributed by atoms with Crippen LogP contribution in [0.2, 0.25) is 0 Å². The molecule has 5 nitrogen and oxygen atoms in total. The van der Waals surface area contributed by atoms with Crippen molar-refractivity contribution < 1.29 is 9.53 Å². The highest BCUT2D eigenvalue weighted by Crippen LogP contribution is 2.26. The van der Waals surface area contributed by atoms with Crippen molar-refractivity contribution in [3.63, 3.8) is 0 Å². The summed E-state index contributed by atoms with van der Waals surface area (Å²) in [6.07, 6.45) is 3.46. The number of rotatable bonds is 3. The molecule has 0 radical (unpaired) electrons. The Balaban J connectivity index is 1.87. The van der Waals surface area contributed by atoms with Gasteiger partial charge in [-0.1, -0.05) is 6.07 Å². The maximum Gasteiger partial charge on any atom is 0.228 e. The predicted octanol–water partition coefficient (Wildman–Crippen LogP) is 2.18. The molecule has 0 bridgehead atoms. The number of benzene rings is 1. The molecular weight excluding hydrogens is 266 g/mol. The van der Waals surface area contributed by atoms with Gasteiger partial charge in [0.05, 0.1) is 7.11 Å². The molecule has 1 aliphatic heterocycles. The van der Waals surface area contributed by atoms with E-state index in [1.807, 2.05) is 24.3 Å². The number of nitrogens with one attached hydrogen (secondary N) is 2. The van der Waals surface area contributed by atoms with E-state index < -0.39 is 0 Å². The Morgan fingerprint density at radius 1 is 1.33 bits per heavy atom. The highest BCUT2D eigenvalue weighted by atomic mass is 16.5. The Hall–Kier alpha value is -2.14. The number of hydrogen-bond donors (Lipinski definition) is 2. The fourth-order valence-corrected chi connectivity index (χ4v) is 2.68. The van der Waals surface area contributed by atoms with Gasteiger partial charge in [0.15, 0.2) is 0 Å². The monoisotopic (exact) mass is 285 g/mol. The Labute approximate surface area is 123 Å². The number of anilines is 1. The molecular formula is C16H19N3O2. The van der Waals surface area contributed by atoms with Crippen LogP contribution in [0.4, 0.5) is 5.82 Å². The predicted molar refractivity (Wildman–Crippen MR) is 82.5 cm³/mol. The molecule has 0 saturated carbocycles. The number of pyridine rings is 1. The first kappa shape index (κ1) is 13.8. The van der Waals surface area contributed by atoms with Crippen molar-refractivity contribution >= 4 is 22.5 Å². The molecule has 110 valence electrons. The van der Waals surface area contributed by atoms with Crippen molar-refractivity contribution in [1.82, 2.24) is 10.3 Å². The number of methoxy groups -OCH3 is 1. The first-order valence-corrected chi connectivity index (χ1v) is 7.22. The van der Waals surface area contributed by atoms with Crippen molar-refractivity contribution in [3.8, 4) is 5.75 Å². The maximum atomic E-state index is 12.4. The summed E-state index contributed by atoms with van der Waals surface area (Å²) in [6.45, 7) is 1.80. The van der Waals surface area contributed by atoms with Gasteiger partial charge in [-0.3, -0.25) is 4.79 Å². The van der Waals surface area contributed by atoms with Gasteiger partial charge in [0, 0.05) is 17.5 Å². The van der Waals surface area contributed by atoms with Gasteiger partial charge in [0.1, 0.15) is 11.6 Å². The third-order valence-electron chi connectivity index (χ3n) is 3.92. The summed E-state index contributed by atoms with van der Waals surface area (Å²) >= 11 is 0. The van der Waals surface area contributed by atoms with Crippen molar-refractivity contribution in [3.05, 3.63) is 30.5 Å². The zero-order valence-electron chi connectivity index (χ0n) is 12.1. The van der Waals surface area contributed by atoms with Crippen molar-refractivity contribution in [2.24, 2.45) is 5.92 Å². The lowest BCUT2D eigenvalue weighted by Gasteiger charge is -2.21. The number of fused-ring (bicyclic) bond motifs is 1. The SMILES string of the molecule is COc1ccc2ccnc(NC(=O)C3CCNCC3)c2c1. The van der Waals surface area contributed by atoms with Crippen LogP contribution in [-0.4, -0.2) is 31.1 Å². The van der Waals surface area contributed by atoms with Crippen molar-refractivity contribution in [2.45, 2.75) is 12.8 Å². The Kier molecular flexibility index (Phi) is 4.01. The summed E-state index contributed by atoms with van der Waals surface area (Å²) in [5.41, 5.74) is 0. The number of hydrogen-bond acceptors (Lipinski definition) is 4. The number of piperidine rings is 1. The third-order valence-corrected chi connectivity index (χ3v) is 3.92. The van der Waals surface area contributed by atoms with Crippen LogP contribution in [0.25, 0.3) is 10.8 Å². The molecule has 21 heavy (non-hydrogen) atoms. The molecule has 0 aliphatic carbocycles. The first-order valence-electron chi connectivity index (χ1n) is 7.22. The van der Waals surface area contributed by atoms with Gasteiger partial charge in [-0.15, -0.1) is 0 Å².